The molecule has 0 aliphatic carbocycles. The first-order valence-corrected chi connectivity index (χ1v) is 8.30. The summed E-state index contributed by atoms with van der Waals surface area (Å²) >= 11 is 0. The predicted octanol–water partition coefficient (Wildman–Crippen LogP) is 2.48. The molecule has 1 fully saturated rings. The number of nitrogens with one attached hydrogen (secondary N) is 2. The molecule has 2 aromatic carbocycles. The predicted molar refractivity (Wildman–Crippen MR) is 95.5 cm³/mol. The van der Waals surface area contributed by atoms with Gasteiger partial charge in [-0.15, -0.1) is 0 Å². The number of hydrogen-bond acceptors (Lipinski definition) is 4. The summed E-state index contributed by atoms with van der Waals surface area (Å²) in [5.41, 5.74) is 2.05. The highest BCUT2D eigenvalue weighted by molar-refractivity contribution is 5.92. The van der Waals surface area contributed by atoms with Crippen LogP contribution in [0.25, 0.3) is 0 Å². The van der Waals surface area contributed by atoms with Crippen LogP contribution in [0, 0.1) is 0 Å². The molecule has 2 aromatic rings. The van der Waals surface area contributed by atoms with Crippen LogP contribution in [0.15, 0.2) is 54.6 Å². The number of ether oxygens (including phenoxy) is 1. The maximum Gasteiger partial charge on any atom is 0.338 e. The summed E-state index contributed by atoms with van der Waals surface area (Å²) < 4.78 is 5.29. The minimum Gasteiger partial charge on any atom is -0.457 e. The van der Waals surface area contributed by atoms with Crippen LogP contribution in [0.4, 0.5) is 10.5 Å². The van der Waals surface area contributed by atoms with Crippen molar-refractivity contribution in [2.45, 2.75) is 6.61 Å². The average molecular weight is 339 g/mol. The highest BCUT2D eigenvalue weighted by Gasteiger charge is 2.16. The van der Waals surface area contributed by atoms with E-state index in [0.29, 0.717) is 24.3 Å². The zero-order chi connectivity index (χ0) is 17.5. The van der Waals surface area contributed by atoms with Gasteiger partial charge in [-0.2, -0.15) is 0 Å². The molecule has 0 radical (unpaired) electrons. The number of nitrogens with zero attached hydrogens (tertiary/aromatic N) is 1. The molecule has 1 aliphatic heterocycles. The lowest BCUT2D eigenvalue weighted by Gasteiger charge is -2.27. The Labute approximate surface area is 146 Å². The molecule has 25 heavy (non-hydrogen) atoms. The number of urea groups is 1. The van der Waals surface area contributed by atoms with E-state index in [2.05, 4.69) is 10.6 Å². The van der Waals surface area contributed by atoms with Crippen molar-refractivity contribution in [3.8, 4) is 0 Å². The number of rotatable bonds is 4. The summed E-state index contributed by atoms with van der Waals surface area (Å²) in [6.07, 6.45) is 0. The van der Waals surface area contributed by atoms with Crippen LogP contribution < -0.4 is 10.6 Å². The van der Waals surface area contributed by atoms with Gasteiger partial charge in [-0.1, -0.05) is 30.3 Å². The van der Waals surface area contributed by atoms with Gasteiger partial charge >= 0.3 is 12.0 Å². The molecule has 2 amide bonds. The van der Waals surface area contributed by atoms with Gasteiger partial charge in [0.2, 0.25) is 0 Å². The van der Waals surface area contributed by atoms with Gasteiger partial charge in [-0.25, -0.2) is 9.59 Å². The first-order chi connectivity index (χ1) is 12.2. The van der Waals surface area contributed by atoms with E-state index in [1.807, 2.05) is 30.3 Å². The van der Waals surface area contributed by atoms with Gasteiger partial charge in [-0.05, 0) is 29.8 Å². The second-order valence-corrected chi connectivity index (χ2v) is 5.81. The molecule has 6 heteroatoms. The Hall–Kier alpha value is -2.86. The Bertz CT molecular complexity index is 710. The monoisotopic (exact) mass is 339 g/mol. The Morgan fingerprint density at radius 1 is 1.00 bits per heavy atom. The number of piperazine rings is 1. The molecule has 0 aromatic heterocycles. The van der Waals surface area contributed by atoms with Crippen LogP contribution in [0.2, 0.25) is 0 Å². The number of amides is 2. The minimum absolute atomic E-state index is 0.124. The van der Waals surface area contributed by atoms with Gasteiger partial charge in [0, 0.05) is 31.9 Å². The van der Waals surface area contributed by atoms with E-state index in [4.69, 9.17) is 4.74 Å². The fourth-order valence-corrected chi connectivity index (χ4v) is 2.57. The topological polar surface area (TPSA) is 70.7 Å². The number of carbonyl (C=O) groups excluding carboxylic acids is 2. The number of carbonyl (C=O) groups is 2. The molecule has 3 rings (SSSR count). The zero-order valence-corrected chi connectivity index (χ0v) is 13.9. The lowest BCUT2D eigenvalue weighted by atomic mass is 10.2. The van der Waals surface area contributed by atoms with Gasteiger partial charge < -0.3 is 20.3 Å². The normalized spacial score (nSPS) is 14.0. The number of hydrogen-bond donors (Lipinski definition) is 2. The molecule has 0 spiro atoms. The van der Waals surface area contributed by atoms with E-state index in [-0.39, 0.29) is 18.6 Å². The van der Waals surface area contributed by atoms with Gasteiger partial charge in [0.1, 0.15) is 6.61 Å². The molecule has 130 valence electrons. The fourth-order valence-electron chi connectivity index (χ4n) is 2.57. The average Bonchev–Trinajstić information content (AvgIpc) is 2.68. The Morgan fingerprint density at radius 3 is 2.36 bits per heavy atom. The molecule has 0 bridgehead atoms. The van der Waals surface area contributed by atoms with Gasteiger partial charge in [0.25, 0.3) is 0 Å². The summed E-state index contributed by atoms with van der Waals surface area (Å²) in [7, 11) is 0. The van der Waals surface area contributed by atoms with Crippen LogP contribution in [-0.4, -0.2) is 43.1 Å². The van der Waals surface area contributed by atoms with Crippen molar-refractivity contribution in [3.63, 3.8) is 0 Å². The summed E-state index contributed by atoms with van der Waals surface area (Å²) in [5.74, 6) is -0.385. The summed E-state index contributed by atoms with van der Waals surface area (Å²) in [6, 6.07) is 16.1. The van der Waals surface area contributed by atoms with Crippen molar-refractivity contribution in [1.82, 2.24) is 10.2 Å². The summed E-state index contributed by atoms with van der Waals surface area (Å²) in [6.45, 7) is 3.23. The van der Waals surface area contributed by atoms with Crippen LogP contribution in [0.5, 0.6) is 0 Å². The second kappa shape index (κ2) is 8.30. The molecule has 6 nitrogen and oxygen atoms in total. The highest BCUT2D eigenvalue weighted by atomic mass is 16.5. The van der Waals surface area contributed by atoms with Gasteiger partial charge in [-0.3, -0.25) is 0 Å². The molecular weight excluding hydrogens is 318 g/mol. The van der Waals surface area contributed by atoms with E-state index >= 15 is 0 Å². The van der Waals surface area contributed by atoms with Crippen molar-refractivity contribution in [2.24, 2.45) is 0 Å². The van der Waals surface area contributed by atoms with Crippen molar-refractivity contribution in [3.05, 3.63) is 65.7 Å². The molecule has 0 unspecified atom stereocenters. The lowest BCUT2D eigenvalue weighted by Crippen LogP contribution is -2.48. The Morgan fingerprint density at radius 2 is 1.68 bits per heavy atom. The maximum atomic E-state index is 12.1. The third-order valence-corrected chi connectivity index (χ3v) is 3.99. The smallest absolute Gasteiger partial charge is 0.338 e. The van der Waals surface area contributed by atoms with Crippen molar-refractivity contribution < 1.29 is 14.3 Å². The molecule has 1 aliphatic rings. The summed E-state index contributed by atoms with van der Waals surface area (Å²) in [5, 5.41) is 6.05. The minimum atomic E-state index is -0.385. The largest absolute Gasteiger partial charge is 0.457 e. The molecule has 1 saturated heterocycles. The third kappa shape index (κ3) is 4.81. The first-order valence-electron chi connectivity index (χ1n) is 8.30. The van der Waals surface area contributed by atoms with Crippen molar-refractivity contribution in [1.29, 1.82) is 0 Å². The molecule has 0 saturated carbocycles. The standard InChI is InChI=1S/C19H21N3O3/c23-18(25-14-15-4-2-1-3-5-15)16-6-8-17(9-7-16)21-19(24)22-12-10-20-11-13-22/h1-9,20H,10-14H2,(H,21,24). The molecule has 0 atom stereocenters. The highest BCUT2D eigenvalue weighted by Crippen LogP contribution is 2.12. The van der Waals surface area contributed by atoms with Gasteiger partial charge in [0.05, 0.1) is 5.56 Å². The van der Waals surface area contributed by atoms with Crippen molar-refractivity contribution in [2.75, 3.05) is 31.5 Å². The van der Waals surface area contributed by atoms with Gasteiger partial charge in [0.15, 0.2) is 0 Å². The zero-order valence-electron chi connectivity index (χ0n) is 13.9. The molecular formula is C19H21N3O3. The Balaban J connectivity index is 1.52. The van der Waals surface area contributed by atoms with Crippen LogP contribution in [0.3, 0.4) is 0 Å². The fraction of sp³-hybridized carbons (Fsp3) is 0.263. The number of esters is 1. The van der Waals surface area contributed by atoms with Crippen LogP contribution in [0.1, 0.15) is 15.9 Å². The maximum absolute atomic E-state index is 12.1. The van der Waals surface area contributed by atoms with E-state index < -0.39 is 0 Å². The first kappa shape index (κ1) is 17.0. The third-order valence-electron chi connectivity index (χ3n) is 3.99. The van der Waals surface area contributed by atoms with Crippen LogP contribution in [-0.2, 0) is 11.3 Å². The van der Waals surface area contributed by atoms with E-state index in [9.17, 15) is 9.59 Å². The van der Waals surface area contributed by atoms with Crippen LogP contribution >= 0.6 is 0 Å². The van der Waals surface area contributed by atoms with Crippen molar-refractivity contribution >= 4 is 17.7 Å². The quantitative estimate of drug-likeness (QED) is 0.840. The van der Waals surface area contributed by atoms with E-state index in [1.165, 1.54) is 0 Å². The Kier molecular flexibility index (Phi) is 5.64. The van der Waals surface area contributed by atoms with E-state index in [0.717, 1.165) is 18.7 Å². The second-order valence-electron chi connectivity index (χ2n) is 5.81. The summed E-state index contributed by atoms with van der Waals surface area (Å²) in [4.78, 5) is 26.0. The number of anilines is 1. The molecule has 1 heterocycles. The lowest BCUT2D eigenvalue weighted by molar-refractivity contribution is 0.0472. The van der Waals surface area contributed by atoms with E-state index in [1.54, 1.807) is 29.2 Å². The SMILES string of the molecule is O=C(OCc1ccccc1)c1ccc(NC(=O)N2CCNCC2)cc1. The number of benzene rings is 2. The molecule has 2 N–H and O–H groups in total.